The van der Waals surface area contributed by atoms with Crippen molar-refractivity contribution in [1.82, 2.24) is 10.6 Å². The number of ether oxygens (including phenoxy) is 1. The van der Waals surface area contributed by atoms with E-state index in [9.17, 15) is 9.18 Å². The molecule has 0 radical (unpaired) electrons. The second kappa shape index (κ2) is 7.30. The number of nitrogens with one attached hydrogen (secondary N) is 2. The number of carbonyl (C=O) groups is 1. The normalized spacial score (nSPS) is 17.6. The predicted octanol–water partition coefficient (Wildman–Crippen LogP) is 3.26. The van der Waals surface area contributed by atoms with Gasteiger partial charge in [0.2, 0.25) is 0 Å². The van der Waals surface area contributed by atoms with Gasteiger partial charge in [0.25, 0.3) is 0 Å². The van der Waals surface area contributed by atoms with Gasteiger partial charge in [-0.15, -0.1) is 0 Å². The zero-order chi connectivity index (χ0) is 16.9. The molecule has 0 saturated carbocycles. The first-order valence-electron chi connectivity index (χ1n) is 8.21. The van der Waals surface area contributed by atoms with Crippen LogP contribution in [0.3, 0.4) is 0 Å². The van der Waals surface area contributed by atoms with Gasteiger partial charge in [0.15, 0.2) is 0 Å². The van der Waals surface area contributed by atoms with Crippen molar-refractivity contribution >= 4 is 6.09 Å². The maximum absolute atomic E-state index is 14.0. The second-order valence-corrected chi connectivity index (χ2v) is 7.37. The topological polar surface area (TPSA) is 50.4 Å². The molecule has 128 valence electrons. The highest BCUT2D eigenvalue weighted by atomic mass is 19.1. The van der Waals surface area contributed by atoms with E-state index in [4.69, 9.17) is 4.74 Å². The van der Waals surface area contributed by atoms with Crippen LogP contribution in [0, 0.1) is 11.2 Å². The lowest BCUT2D eigenvalue weighted by Gasteiger charge is -2.38. The zero-order valence-electron chi connectivity index (χ0n) is 14.2. The highest BCUT2D eigenvalue weighted by Crippen LogP contribution is 2.33. The summed E-state index contributed by atoms with van der Waals surface area (Å²) in [5, 5.41) is 6.21. The van der Waals surface area contributed by atoms with E-state index in [1.165, 1.54) is 6.07 Å². The third-order valence-electron chi connectivity index (χ3n) is 4.19. The van der Waals surface area contributed by atoms with Crippen LogP contribution in [0.25, 0.3) is 0 Å². The Bertz CT molecular complexity index is 534. The Hall–Kier alpha value is -1.62. The van der Waals surface area contributed by atoms with Crippen LogP contribution in [-0.2, 0) is 11.2 Å². The van der Waals surface area contributed by atoms with Crippen LogP contribution in [0.15, 0.2) is 24.3 Å². The van der Waals surface area contributed by atoms with E-state index >= 15 is 0 Å². The standard InChI is InChI=1S/C18H27FN2O2/c1-17(2,3)23-16(22)21-13-18(8-10-20-11-9-18)12-14-6-4-5-7-15(14)19/h4-7,20H,8-13H2,1-3H3,(H,21,22). The van der Waals surface area contributed by atoms with Gasteiger partial charge in [0, 0.05) is 6.54 Å². The molecule has 0 atom stereocenters. The summed E-state index contributed by atoms with van der Waals surface area (Å²) in [4.78, 5) is 11.9. The van der Waals surface area contributed by atoms with Crippen molar-refractivity contribution in [2.45, 2.75) is 45.6 Å². The van der Waals surface area contributed by atoms with Gasteiger partial charge in [0.05, 0.1) is 0 Å². The molecular weight excluding hydrogens is 295 g/mol. The highest BCUT2D eigenvalue weighted by molar-refractivity contribution is 5.67. The largest absolute Gasteiger partial charge is 0.444 e. The van der Waals surface area contributed by atoms with Crippen molar-refractivity contribution in [3.8, 4) is 0 Å². The maximum atomic E-state index is 14.0. The number of carbonyl (C=O) groups excluding carboxylic acids is 1. The number of piperidine rings is 1. The molecule has 23 heavy (non-hydrogen) atoms. The molecule has 0 spiro atoms. The minimum Gasteiger partial charge on any atom is -0.444 e. The molecule has 0 bridgehead atoms. The van der Waals surface area contributed by atoms with Gasteiger partial charge in [-0.2, -0.15) is 0 Å². The Morgan fingerprint density at radius 1 is 1.30 bits per heavy atom. The van der Waals surface area contributed by atoms with E-state index in [0.29, 0.717) is 18.5 Å². The average molecular weight is 322 g/mol. The van der Waals surface area contributed by atoms with E-state index in [0.717, 1.165) is 25.9 Å². The minimum absolute atomic E-state index is 0.135. The highest BCUT2D eigenvalue weighted by Gasteiger charge is 2.34. The third-order valence-corrected chi connectivity index (χ3v) is 4.19. The van der Waals surface area contributed by atoms with Gasteiger partial charge in [-0.25, -0.2) is 9.18 Å². The zero-order valence-corrected chi connectivity index (χ0v) is 14.2. The molecule has 2 rings (SSSR count). The van der Waals surface area contributed by atoms with Crippen LogP contribution in [0.1, 0.15) is 39.2 Å². The molecule has 1 aliphatic rings. The third kappa shape index (κ3) is 5.50. The minimum atomic E-state index is -0.517. The Morgan fingerprint density at radius 2 is 1.96 bits per heavy atom. The lowest BCUT2D eigenvalue weighted by Crippen LogP contribution is -2.47. The molecule has 0 aromatic heterocycles. The number of benzene rings is 1. The Kier molecular flexibility index (Phi) is 5.63. The van der Waals surface area contributed by atoms with Crippen molar-refractivity contribution < 1.29 is 13.9 Å². The fourth-order valence-electron chi connectivity index (χ4n) is 2.99. The van der Waals surface area contributed by atoms with Crippen LogP contribution in [0.2, 0.25) is 0 Å². The number of halogens is 1. The predicted molar refractivity (Wildman–Crippen MR) is 88.9 cm³/mol. The molecule has 1 saturated heterocycles. The fourth-order valence-corrected chi connectivity index (χ4v) is 2.99. The van der Waals surface area contributed by atoms with Crippen molar-refractivity contribution in [2.75, 3.05) is 19.6 Å². The Morgan fingerprint density at radius 3 is 2.57 bits per heavy atom. The SMILES string of the molecule is CC(C)(C)OC(=O)NCC1(Cc2ccccc2F)CCNCC1. The smallest absolute Gasteiger partial charge is 0.407 e. The van der Waals surface area contributed by atoms with Crippen LogP contribution in [0.4, 0.5) is 9.18 Å². The molecule has 0 unspecified atom stereocenters. The molecule has 4 nitrogen and oxygen atoms in total. The van der Waals surface area contributed by atoms with Crippen molar-refractivity contribution in [1.29, 1.82) is 0 Å². The average Bonchev–Trinajstić information content (AvgIpc) is 2.47. The van der Waals surface area contributed by atoms with Gasteiger partial charge in [0.1, 0.15) is 11.4 Å². The molecule has 1 fully saturated rings. The van der Waals surface area contributed by atoms with Crippen LogP contribution < -0.4 is 10.6 Å². The number of hydrogen-bond donors (Lipinski definition) is 2. The molecule has 1 aromatic rings. The summed E-state index contributed by atoms with van der Waals surface area (Å²) < 4.78 is 19.3. The lowest BCUT2D eigenvalue weighted by molar-refractivity contribution is 0.0485. The summed E-state index contributed by atoms with van der Waals surface area (Å²) in [5.41, 5.74) is 0.0572. The molecule has 2 N–H and O–H groups in total. The van der Waals surface area contributed by atoms with E-state index in [2.05, 4.69) is 10.6 Å². The van der Waals surface area contributed by atoms with Gasteiger partial charge in [-0.05, 0) is 70.2 Å². The summed E-state index contributed by atoms with van der Waals surface area (Å²) in [5.74, 6) is -0.178. The monoisotopic (exact) mass is 322 g/mol. The molecule has 0 aliphatic carbocycles. The first kappa shape index (κ1) is 17.7. The fraction of sp³-hybridized carbons (Fsp3) is 0.611. The number of rotatable bonds is 4. The molecule has 1 aromatic carbocycles. The van der Waals surface area contributed by atoms with Crippen LogP contribution >= 0.6 is 0 Å². The van der Waals surface area contributed by atoms with Crippen molar-refractivity contribution in [3.05, 3.63) is 35.6 Å². The lowest BCUT2D eigenvalue weighted by atomic mass is 9.74. The summed E-state index contributed by atoms with van der Waals surface area (Å²) in [6.07, 6.45) is 2.01. The summed E-state index contributed by atoms with van der Waals surface area (Å²) in [6, 6.07) is 6.87. The molecular formula is C18H27FN2O2. The number of amides is 1. The Balaban J connectivity index is 2.04. The van der Waals surface area contributed by atoms with Gasteiger partial charge in [-0.3, -0.25) is 0 Å². The van der Waals surface area contributed by atoms with Crippen LogP contribution in [-0.4, -0.2) is 31.3 Å². The first-order chi connectivity index (χ1) is 10.8. The van der Waals surface area contributed by atoms with Crippen molar-refractivity contribution in [3.63, 3.8) is 0 Å². The summed E-state index contributed by atoms with van der Waals surface area (Å²) in [7, 11) is 0. The van der Waals surface area contributed by atoms with E-state index in [1.54, 1.807) is 6.07 Å². The molecule has 1 aliphatic heterocycles. The van der Waals surface area contributed by atoms with Gasteiger partial charge >= 0.3 is 6.09 Å². The molecule has 5 heteroatoms. The van der Waals surface area contributed by atoms with Gasteiger partial charge in [-0.1, -0.05) is 18.2 Å². The Labute approximate surface area is 137 Å². The molecule has 1 heterocycles. The van der Waals surface area contributed by atoms with Gasteiger partial charge < -0.3 is 15.4 Å². The second-order valence-electron chi connectivity index (χ2n) is 7.37. The number of alkyl carbamates (subject to hydrolysis) is 1. The van der Waals surface area contributed by atoms with Crippen molar-refractivity contribution in [2.24, 2.45) is 5.41 Å². The van der Waals surface area contributed by atoms with Crippen LogP contribution in [0.5, 0.6) is 0 Å². The molecule has 1 amide bonds. The summed E-state index contributed by atoms with van der Waals surface area (Å²) >= 11 is 0. The van der Waals surface area contributed by atoms with E-state index in [-0.39, 0.29) is 11.2 Å². The summed E-state index contributed by atoms with van der Waals surface area (Å²) in [6.45, 7) is 7.78. The van der Waals surface area contributed by atoms with E-state index < -0.39 is 11.7 Å². The quantitative estimate of drug-likeness (QED) is 0.894. The maximum Gasteiger partial charge on any atom is 0.407 e. The van der Waals surface area contributed by atoms with E-state index in [1.807, 2.05) is 32.9 Å². The first-order valence-corrected chi connectivity index (χ1v) is 8.21. The number of hydrogen-bond acceptors (Lipinski definition) is 3.